The van der Waals surface area contributed by atoms with E-state index >= 15 is 0 Å². The minimum atomic E-state index is -1.08. The summed E-state index contributed by atoms with van der Waals surface area (Å²) in [5.74, 6) is 0. The molecule has 0 spiro atoms. The first-order chi connectivity index (χ1) is 4.20. The lowest BCUT2D eigenvalue weighted by Crippen LogP contribution is -2.16. The Morgan fingerprint density at radius 3 is 2.78 bits per heavy atom. The van der Waals surface area contributed by atoms with Gasteiger partial charge in [-0.3, -0.25) is 0 Å². The van der Waals surface area contributed by atoms with Gasteiger partial charge in [0.05, 0.1) is 5.38 Å². The summed E-state index contributed by atoms with van der Waals surface area (Å²) in [4.78, 5) is 0. The SMILES string of the molecule is NC1=CC(Cl)C(F)C=C1. The first-order valence-electron chi connectivity index (χ1n) is 2.64. The largest absolute Gasteiger partial charge is 0.399 e. The van der Waals surface area contributed by atoms with Crippen LogP contribution in [0.4, 0.5) is 4.39 Å². The Balaban J connectivity index is 2.70. The fourth-order valence-electron chi connectivity index (χ4n) is 0.641. The summed E-state index contributed by atoms with van der Waals surface area (Å²) in [6, 6.07) is 0. The predicted molar refractivity (Wildman–Crippen MR) is 35.9 cm³/mol. The van der Waals surface area contributed by atoms with Crippen LogP contribution in [0.25, 0.3) is 0 Å². The van der Waals surface area contributed by atoms with Crippen LogP contribution in [0.15, 0.2) is 23.9 Å². The van der Waals surface area contributed by atoms with Gasteiger partial charge in [-0.2, -0.15) is 0 Å². The average molecular weight is 148 g/mol. The Kier molecular flexibility index (Phi) is 1.76. The van der Waals surface area contributed by atoms with Gasteiger partial charge in [0.25, 0.3) is 0 Å². The Labute approximate surface area is 58.0 Å². The molecule has 0 radical (unpaired) electrons. The van der Waals surface area contributed by atoms with Crippen molar-refractivity contribution in [2.45, 2.75) is 11.5 Å². The minimum absolute atomic E-state index is 0.531. The molecule has 2 N–H and O–H groups in total. The zero-order valence-corrected chi connectivity index (χ0v) is 5.48. The van der Waals surface area contributed by atoms with Gasteiger partial charge in [0, 0.05) is 5.70 Å². The molecule has 2 atom stereocenters. The molecule has 0 amide bonds. The van der Waals surface area contributed by atoms with Gasteiger partial charge < -0.3 is 5.73 Å². The molecule has 1 nitrogen and oxygen atoms in total. The summed E-state index contributed by atoms with van der Waals surface area (Å²) in [5.41, 5.74) is 5.84. The summed E-state index contributed by atoms with van der Waals surface area (Å²) >= 11 is 5.48. The van der Waals surface area contributed by atoms with Gasteiger partial charge in [-0.05, 0) is 18.2 Å². The molecule has 1 aliphatic carbocycles. The van der Waals surface area contributed by atoms with Crippen molar-refractivity contribution in [3.8, 4) is 0 Å². The normalized spacial score (nSPS) is 34.2. The molecule has 0 saturated heterocycles. The molecule has 0 aromatic heterocycles. The van der Waals surface area contributed by atoms with Gasteiger partial charge in [0.1, 0.15) is 6.17 Å². The molecule has 0 heterocycles. The molecule has 0 aromatic carbocycles. The topological polar surface area (TPSA) is 26.0 Å². The Hall–Kier alpha value is -0.500. The molecule has 0 bridgehead atoms. The van der Waals surface area contributed by atoms with Crippen molar-refractivity contribution >= 4 is 11.6 Å². The lowest BCUT2D eigenvalue weighted by molar-refractivity contribution is 0.404. The molecular formula is C6H7ClFN. The van der Waals surface area contributed by atoms with E-state index in [-0.39, 0.29) is 0 Å². The summed E-state index contributed by atoms with van der Waals surface area (Å²) < 4.78 is 12.4. The van der Waals surface area contributed by atoms with Gasteiger partial charge in [-0.15, -0.1) is 11.6 Å². The van der Waals surface area contributed by atoms with Crippen molar-refractivity contribution in [2.24, 2.45) is 5.73 Å². The third-order valence-corrected chi connectivity index (χ3v) is 1.50. The second-order valence-electron chi connectivity index (χ2n) is 1.91. The zero-order chi connectivity index (χ0) is 6.85. The van der Waals surface area contributed by atoms with Crippen molar-refractivity contribution in [1.82, 2.24) is 0 Å². The third kappa shape index (κ3) is 1.45. The Morgan fingerprint density at radius 2 is 2.33 bits per heavy atom. The monoisotopic (exact) mass is 147 g/mol. The van der Waals surface area contributed by atoms with Crippen LogP contribution in [0.5, 0.6) is 0 Å². The first-order valence-corrected chi connectivity index (χ1v) is 3.07. The highest BCUT2D eigenvalue weighted by Crippen LogP contribution is 2.15. The van der Waals surface area contributed by atoms with E-state index in [1.807, 2.05) is 0 Å². The van der Waals surface area contributed by atoms with Crippen LogP contribution in [0.2, 0.25) is 0 Å². The van der Waals surface area contributed by atoms with Crippen molar-refractivity contribution < 1.29 is 4.39 Å². The molecular weight excluding hydrogens is 141 g/mol. The highest BCUT2D eigenvalue weighted by molar-refractivity contribution is 6.22. The van der Waals surface area contributed by atoms with E-state index in [0.29, 0.717) is 5.70 Å². The number of alkyl halides is 2. The van der Waals surface area contributed by atoms with Crippen molar-refractivity contribution in [3.63, 3.8) is 0 Å². The quantitative estimate of drug-likeness (QED) is 0.515. The van der Waals surface area contributed by atoms with Crippen molar-refractivity contribution in [3.05, 3.63) is 23.9 Å². The van der Waals surface area contributed by atoms with E-state index in [1.165, 1.54) is 18.2 Å². The van der Waals surface area contributed by atoms with Crippen LogP contribution in [0.3, 0.4) is 0 Å². The molecule has 0 saturated carbocycles. The number of allylic oxidation sites excluding steroid dienone is 3. The maximum Gasteiger partial charge on any atom is 0.138 e. The lowest BCUT2D eigenvalue weighted by Gasteiger charge is -2.11. The van der Waals surface area contributed by atoms with Gasteiger partial charge in [-0.25, -0.2) is 4.39 Å². The molecule has 0 fully saturated rings. The number of hydrogen-bond acceptors (Lipinski definition) is 1. The van der Waals surface area contributed by atoms with Crippen LogP contribution in [-0.4, -0.2) is 11.5 Å². The Bertz CT molecular complexity index is 164. The van der Waals surface area contributed by atoms with Gasteiger partial charge in [-0.1, -0.05) is 0 Å². The van der Waals surface area contributed by atoms with E-state index in [1.54, 1.807) is 0 Å². The molecule has 2 unspecified atom stereocenters. The molecule has 50 valence electrons. The second-order valence-corrected chi connectivity index (χ2v) is 2.42. The third-order valence-electron chi connectivity index (χ3n) is 1.13. The molecule has 0 aliphatic heterocycles. The summed E-state index contributed by atoms with van der Waals surface area (Å²) in [5, 5.41) is -0.588. The van der Waals surface area contributed by atoms with Crippen molar-refractivity contribution in [1.29, 1.82) is 0 Å². The summed E-state index contributed by atoms with van der Waals surface area (Å²) in [6.07, 6.45) is 3.28. The van der Waals surface area contributed by atoms with Crippen LogP contribution in [0.1, 0.15) is 0 Å². The number of hydrogen-bond donors (Lipinski definition) is 1. The summed E-state index contributed by atoms with van der Waals surface area (Å²) in [7, 11) is 0. The fourth-order valence-corrected chi connectivity index (χ4v) is 0.870. The van der Waals surface area contributed by atoms with Crippen LogP contribution in [0, 0.1) is 0 Å². The van der Waals surface area contributed by atoms with E-state index in [0.717, 1.165) is 0 Å². The van der Waals surface area contributed by atoms with Crippen LogP contribution in [-0.2, 0) is 0 Å². The first kappa shape index (κ1) is 6.62. The van der Waals surface area contributed by atoms with Gasteiger partial charge in [0.15, 0.2) is 0 Å². The maximum absolute atomic E-state index is 12.4. The second kappa shape index (κ2) is 2.40. The number of nitrogens with two attached hydrogens (primary N) is 1. The molecule has 9 heavy (non-hydrogen) atoms. The maximum atomic E-state index is 12.4. The molecule has 3 heteroatoms. The highest BCUT2D eigenvalue weighted by atomic mass is 35.5. The Morgan fingerprint density at radius 1 is 1.67 bits per heavy atom. The molecule has 1 rings (SSSR count). The lowest BCUT2D eigenvalue weighted by atomic mass is 10.1. The standard InChI is InChI=1S/C6H7ClFN/c7-5-3-4(9)1-2-6(5)8/h1-3,5-6H,9H2. The predicted octanol–water partition coefficient (Wildman–Crippen LogP) is 1.34. The van der Waals surface area contributed by atoms with E-state index in [2.05, 4.69) is 0 Å². The van der Waals surface area contributed by atoms with E-state index in [9.17, 15) is 4.39 Å². The van der Waals surface area contributed by atoms with Crippen LogP contribution >= 0.6 is 11.6 Å². The minimum Gasteiger partial charge on any atom is -0.399 e. The summed E-state index contributed by atoms with van der Waals surface area (Å²) in [6.45, 7) is 0. The van der Waals surface area contributed by atoms with E-state index < -0.39 is 11.5 Å². The van der Waals surface area contributed by atoms with Gasteiger partial charge in [0.2, 0.25) is 0 Å². The fraction of sp³-hybridized carbons (Fsp3) is 0.333. The van der Waals surface area contributed by atoms with Crippen molar-refractivity contribution in [2.75, 3.05) is 0 Å². The van der Waals surface area contributed by atoms with Crippen LogP contribution < -0.4 is 5.73 Å². The smallest absolute Gasteiger partial charge is 0.138 e. The van der Waals surface area contributed by atoms with Gasteiger partial charge >= 0.3 is 0 Å². The number of halogens is 2. The molecule has 0 aromatic rings. The highest BCUT2D eigenvalue weighted by Gasteiger charge is 2.15. The molecule has 1 aliphatic rings. The average Bonchev–Trinajstić information content (AvgIpc) is 1.80. The zero-order valence-electron chi connectivity index (χ0n) is 4.72. The van der Waals surface area contributed by atoms with E-state index in [4.69, 9.17) is 17.3 Å². The number of rotatable bonds is 0.